The molecule has 42 heavy (non-hydrogen) atoms. The Hall–Kier alpha value is -4.48. The van der Waals surface area contributed by atoms with Gasteiger partial charge in [0.2, 0.25) is 0 Å². The van der Waals surface area contributed by atoms with Crippen molar-refractivity contribution in [2.75, 3.05) is 53.7 Å². The number of ether oxygens (including phenoxy) is 3. The topological polar surface area (TPSA) is 222 Å². The van der Waals surface area contributed by atoms with E-state index in [1.54, 1.807) is 19.1 Å². The molecule has 0 aromatic heterocycles. The molecule has 1 aromatic carbocycles. The van der Waals surface area contributed by atoms with Gasteiger partial charge in [-0.1, -0.05) is 13.3 Å². The number of hydrogen-bond donors (Lipinski definition) is 0. The average molecular weight is 605 g/mol. The first-order chi connectivity index (χ1) is 19.8. The highest BCUT2D eigenvalue weighted by atomic mass is 17.0. The zero-order chi connectivity index (χ0) is 31.7. The maximum Gasteiger partial charge on any atom is 0.311 e. The van der Waals surface area contributed by atoms with E-state index in [-0.39, 0.29) is 19.3 Å². The van der Waals surface area contributed by atoms with Crippen molar-refractivity contribution < 1.29 is 53.6 Å². The van der Waals surface area contributed by atoms with Crippen LogP contribution < -0.4 is 9.47 Å². The van der Waals surface area contributed by atoms with Gasteiger partial charge in [-0.05, 0) is 57.1 Å². The fourth-order valence-electron chi connectivity index (χ4n) is 3.43. The molecule has 0 heterocycles. The van der Waals surface area contributed by atoms with Crippen LogP contribution in [-0.2, 0) is 35.3 Å². The number of nitrogens with zero attached hydrogens (tertiary/aromatic N) is 4. The van der Waals surface area contributed by atoms with Crippen molar-refractivity contribution in [3.8, 4) is 11.5 Å². The molecule has 0 atom stereocenters. The minimum atomic E-state index is -1.96. The molecule has 18 nitrogen and oxygen atoms in total. The number of carbonyl (C=O) groups excluding carboxylic acids is 2. The summed E-state index contributed by atoms with van der Waals surface area (Å²) in [6.07, 6.45) is 1.09. The summed E-state index contributed by atoms with van der Waals surface area (Å²) in [7, 11) is 3.88. The lowest BCUT2D eigenvalue weighted by atomic mass is 9.92. The van der Waals surface area contributed by atoms with Gasteiger partial charge < -0.3 is 33.6 Å². The number of likely N-dealkylation sites (N-methyl/N-ethyl adjacent to an activating group) is 1. The van der Waals surface area contributed by atoms with E-state index in [2.05, 4.69) is 14.5 Å². The van der Waals surface area contributed by atoms with E-state index >= 15 is 0 Å². The fraction of sp³-hybridized carbons (Fsp3) is 0.667. The molecule has 1 aromatic rings. The molecule has 236 valence electrons. The predicted octanol–water partition coefficient (Wildman–Crippen LogP) is 2.12. The summed E-state index contributed by atoms with van der Waals surface area (Å²) in [6, 6.07) is 3.56. The normalized spacial score (nSPS) is 11.0. The number of rotatable bonds is 22. The third-order valence-corrected chi connectivity index (χ3v) is 5.63. The van der Waals surface area contributed by atoms with Crippen molar-refractivity contribution in [3.63, 3.8) is 0 Å². The molecule has 0 amide bonds. The van der Waals surface area contributed by atoms with Gasteiger partial charge in [0.25, 0.3) is 15.3 Å². The maximum absolute atomic E-state index is 12.5. The zero-order valence-electron chi connectivity index (χ0n) is 23.9. The van der Waals surface area contributed by atoms with Crippen LogP contribution in [0.4, 0.5) is 0 Å². The molecular weight excluding hydrogens is 568 g/mol. The van der Waals surface area contributed by atoms with Gasteiger partial charge in [-0.25, -0.2) is 0 Å². The van der Waals surface area contributed by atoms with Crippen molar-refractivity contribution in [3.05, 3.63) is 53.6 Å². The van der Waals surface area contributed by atoms with Crippen LogP contribution in [-0.4, -0.2) is 85.8 Å². The fourth-order valence-corrected chi connectivity index (χ4v) is 3.43. The Morgan fingerprint density at radius 2 is 1.40 bits per heavy atom. The summed E-state index contributed by atoms with van der Waals surface area (Å²) >= 11 is 0. The van der Waals surface area contributed by atoms with E-state index in [0.717, 1.165) is 18.5 Å². The zero-order valence-corrected chi connectivity index (χ0v) is 23.9. The number of carbonyl (C=O) groups is 2. The third-order valence-electron chi connectivity index (χ3n) is 5.63. The molecule has 0 bridgehead atoms. The molecule has 0 aliphatic carbocycles. The summed E-state index contributed by atoms with van der Waals surface area (Å²) in [5, 5.41) is 28.2. The Morgan fingerprint density at radius 3 is 1.90 bits per heavy atom. The smallest absolute Gasteiger partial charge is 0.311 e. The summed E-state index contributed by atoms with van der Waals surface area (Å²) in [6.45, 7) is 1.28. The molecule has 0 aliphatic rings. The Bertz CT molecular complexity index is 1040. The number of aryl methyl sites for hydroxylation is 2. The van der Waals surface area contributed by atoms with Gasteiger partial charge in [0, 0.05) is 19.4 Å². The monoisotopic (exact) mass is 604 g/mol. The van der Waals surface area contributed by atoms with Crippen molar-refractivity contribution in [1.82, 2.24) is 4.90 Å². The Morgan fingerprint density at radius 1 is 0.857 bits per heavy atom. The molecule has 1 rings (SSSR count). The van der Waals surface area contributed by atoms with E-state index < -0.39 is 59.0 Å². The first kappa shape index (κ1) is 35.5. The Labute approximate surface area is 241 Å². The highest BCUT2D eigenvalue weighted by molar-refractivity contribution is 5.74. The highest BCUT2D eigenvalue weighted by Crippen LogP contribution is 2.30. The summed E-state index contributed by atoms with van der Waals surface area (Å²) in [5.41, 5.74) is -0.387. The van der Waals surface area contributed by atoms with Crippen LogP contribution in [0.15, 0.2) is 12.1 Å². The van der Waals surface area contributed by atoms with Crippen molar-refractivity contribution in [2.24, 2.45) is 5.41 Å². The molecule has 0 saturated carbocycles. The number of benzene rings is 1. The second-order valence-electron chi connectivity index (χ2n) is 9.61. The van der Waals surface area contributed by atoms with Gasteiger partial charge in [0.1, 0.15) is 44.5 Å². The lowest BCUT2D eigenvalue weighted by molar-refractivity contribution is -0.782. The van der Waals surface area contributed by atoms with Crippen LogP contribution in [0.5, 0.6) is 11.5 Å². The second-order valence-corrected chi connectivity index (χ2v) is 9.61. The van der Waals surface area contributed by atoms with Crippen molar-refractivity contribution in [1.29, 1.82) is 0 Å². The van der Waals surface area contributed by atoms with Gasteiger partial charge in [0.15, 0.2) is 0 Å². The van der Waals surface area contributed by atoms with Gasteiger partial charge in [0.05, 0.1) is 5.41 Å². The lowest BCUT2D eigenvalue weighted by Crippen LogP contribution is -2.43. The standard InChI is InChI=1S/C24H36N4O14/c1-5-7-19-13-20(18(2)12-21(19)37-11-10-25(3)4)42-23(30)9-6-8-22(29)38-14-24(15-39-26(31)32,16-40-27(33)34)17-41-28(35)36/h12-13H,5-11,14-17H2,1-4H3. The van der Waals surface area contributed by atoms with Crippen LogP contribution in [0.2, 0.25) is 0 Å². The van der Waals surface area contributed by atoms with Gasteiger partial charge in [-0.3, -0.25) is 9.59 Å². The molecule has 18 heteroatoms. The van der Waals surface area contributed by atoms with Crippen LogP contribution in [0.3, 0.4) is 0 Å². The van der Waals surface area contributed by atoms with E-state index in [1.807, 2.05) is 25.9 Å². The average Bonchev–Trinajstić information content (AvgIpc) is 2.90. The predicted molar refractivity (Wildman–Crippen MR) is 141 cm³/mol. The summed E-state index contributed by atoms with van der Waals surface area (Å²) in [4.78, 5) is 71.2. The first-order valence-electron chi connectivity index (χ1n) is 12.9. The minimum Gasteiger partial charge on any atom is -0.492 e. The van der Waals surface area contributed by atoms with E-state index in [0.29, 0.717) is 30.1 Å². The second kappa shape index (κ2) is 18.1. The molecule has 0 unspecified atom stereocenters. The van der Waals surface area contributed by atoms with E-state index in [4.69, 9.17) is 14.2 Å². The minimum absolute atomic E-state index is 0.000541. The van der Waals surface area contributed by atoms with Crippen molar-refractivity contribution >= 4 is 11.9 Å². The molecular formula is C24H36N4O14. The summed E-state index contributed by atoms with van der Waals surface area (Å²) in [5.74, 6) is -0.429. The van der Waals surface area contributed by atoms with Crippen molar-refractivity contribution in [2.45, 2.75) is 46.0 Å². The molecule has 0 fully saturated rings. The van der Waals surface area contributed by atoms with Gasteiger partial charge in [-0.15, -0.1) is 30.3 Å². The van der Waals surface area contributed by atoms with E-state index in [1.165, 1.54) is 0 Å². The van der Waals surface area contributed by atoms with Crippen LogP contribution in [0.25, 0.3) is 0 Å². The molecule has 0 aliphatic heterocycles. The molecule has 0 spiro atoms. The Kier molecular flexibility index (Phi) is 15.3. The maximum atomic E-state index is 12.5. The third kappa shape index (κ3) is 14.2. The molecule has 0 radical (unpaired) electrons. The van der Waals surface area contributed by atoms with E-state index in [9.17, 15) is 39.9 Å². The lowest BCUT2D eigenvalue weighted by Gasteiger charge is -2.29. The summed E-state index contributed by atoms with van der Waals surface area (Å²) < 4.78 is 16.4. The van der Waals surface area contributed by atoms with Gasteiger partial charge >= 0.3 is 11.9 Å². The van der Waals surface area contributed by atoms with Crippen LogP contribution >= 0.6 is 0 Å². The Balaban J connectivity index is 2.75. The molecule has 0 saturated heterocycles. The van der Waals surface area contributed by atoms with Crippen LogP contribution in [0.1, 0.15) is 43.7 Å². The quantitative estimate of drug-likeness (QED) is 0.0800. The number of hydrogen-bond acceptors (Lipinski definition) is 15. The number of esters is 2. The molecule has 0 N–H and O–H groups in total. The highest BCUT2D eigenvalue weighted by Gasteiger charge is 2.37. The SMILES string of the molecule is CCCc1cc(OC(=O)CCCC(=O)OCC(CO[N+](=O)[O-])(CO[N+](=O)[O-])CO[N+](=O)[O-])c(C)cc1OCCN(C)C. The van der Waals surface area contributed by atoms with Crippen LogP contribution in [0, 0.1) is 42.7 Å². The largest absolute Gasteiger partial charge is 0.492 e. The first-order valence-corrected chi connectivity index (χ1v) is 12.9. The van der Waals surface area contributed by atoms with Gasteiger partial charge in [-0.2, -0.15) is 0 Å².